The largest absolute Gasteiger partial charge is 0.433 e. The summed E-state index contributed by atoms with van der Waals surface area (Å²) >= 11 is 0. The van der Waals surface area contributed by atoms with Crippen LogP contribution in [-0.2, 0) is 6.18 Å². The molecule has 4 nitrogen and oxygen atoms in total. The van der Waals surface area contributed by atoms with E-state index < -0.39 is 17.4 Å². The van der Waals surface area contributed by atoms with Crippen molar-refractivity contribution in [2.24, 2.45) is 0 Å². The van der Waals surface area contributed by atoms with Crippen LogP contribution in [0.3, 0.4) is 0 Å². The van der Waals surface area contributed by atoms with Gasteiger partial charge in [-0.3, -0.25) is 4.79 Å². The molecule has 0 bridgehead atoms. The predicted molar refractivity (Wildman–Crippen MR) is 45.2 cm³/mol. The molecule has 78 valence electrons. The summed E-state index contributed by atoms with van der Waals surface area (Å²) in [7, 11) is 0. The summed E-state index contributed by atoms with van der Waals surface area (Å²) in [6, 6.07) is 1.84. The van der Waals surface area contributed by atoms with E-state index in [0.29, 0.717) is 0 Å². The first kappa shape index (κ1) is 9.63. The third kappa shape index (κ3) is 1.67. The highest BCUT2D eigenvalue weighted by atomic mass is 19.4. The molecule has 0 saturated carbocycles. The van der Waals surface area contributed by atoms with Gasteiger partial charge in [0, 0.05) is 0 Å². The molecule has 15 heavy (non-hydrogen) atoms. The van der Waals surface area contributed by atoms with Crippen molar-refractivity contribution in [2.75, 3.05) is 0 Å². The van der Waals surface area contributed by atoms with Crippen molar-refractivity contribution in [3.05, 3.63) is 34.4 Å². The number of pyridine rings is 1. The Balaban J connectivity index is 2.73. The van der Waals surface area contributed by atoms with E-state index in [4.69, 9.17) is 0 Å². The Bertz CT molecular complexity index is 561. The normalized spacial score (nSPS) is 11.9. The van der Waals surface area contributed by atoms with Crippen LogP contribution in [0, 0.1) is 0 Å². The lowest BCUT2D eigenvalue weighted by molar-refractivity contribution is -0.140. The van der Waals surface area contributed by atoms with Crippen molar-refractivity contribution >= 4 is 10.9 Å². The van der Waals surface area contributed by atoms with Gasteiger partial charge in [-0.05, 0) is 12.1 Å². The number of halogens is 3. The number of nitrogens with zero attached hydrogens (tertiary/aromatic N) is 2. The van der Waals surface area contributed by atoms with Crippen LogP contribution < -0.4 is 5.56 Å². The Hall–Kier alpha value is -1.92. The lowest BCUT2D eigenvalue weighted by Crippen LogP contribution is -2.12. The molecule has 7 heteroatoms. The van der Waals surface area contributed by atoms with Gasteiger partial charge in [-0.15, -0.1) is 0 Å². The highest BCUT2D eigenvalue weighted by Gasteiger charge is 2.32. The van der Waals surface area contributed by atoms with Crippen molar-refractivity contribution in [1.82, 2.24) is 15.2 Å². The van der Waals surface area contributed by atoms with Crippen molar-refractivity contribution in [2.45, 2.75) is 6.18 Å². The Morgan fingerprint density at radius 3 is 2.67 bits per heavy atom. The van der Waals surface area contributed by atoms with Gasteiger partial charge in [-0.1, -0.05) is 0 Å². The van der Waals surface area contributed by atoms with Crippen LogP contribution in [0.1, 0.15) is 5.69 Å². The molecular formula is C8H4F3N3O. The highest BCUT2D eigenvalue weighted by molar-refractivity contribution is 5.76. The number of hydrogen-bond acceptors (Lipinski definition) is 3. The number of alkyl halides is 3. The summed E-state index contributed by atoms with van der Waals surface area (Å²) in [5.74, 6) is 0. The van der Waals surface area contributed by atoms with E-state index in [1.807, 2.05) is 0 Å². The van der Waals surface area contributed by atoms with Crippen LogP contribution >= 0.6 is 0 Å². The van der Waals surface area contributed by atoms with Crippen molar-refractivity contribution in [3.63, 3.8) is 0 Å². The second kappa shape index (κ2) is 3.04. The van der Waals surface area contributed by atoms with Crippen LogP contribution in [0.25, 0.3) is 10.9 Å². The van der Waals surface area contributed by atoms with Gasteiger partial charge >= 0.3 is 6.18 Å². The molecular weight excluding hydrogens is 211 g/mol. The average Bonchev–Trinajstić information content (AvgIpc) is 2.16. The number of H-pyrrole nitrogens is 1. The molecule has 0 aliphatic rings. The SMILES string of the molecule is O=c1[nH]ncc2nc(C(F)(F)F)ccc12. The number of nitrogens with one attached hydrogen (secondary N) is 1. The fourth-order valence-electron chi connectivity index (χ4n) is 1.14. The molecule has 0 aliphatic carbocycles. The van der Waals surface area contributed by atoms with Crippen molar-refractivity contribution in [1.29, 1.82) is 0 Å². The van der Waals surface area contributed by atoms with Crippen LogP contribution in [0.2, 0.25) is 0 Å². The predicted octanol–water partition coefficient (Wildman–Crippen LogP) is 1.34. The van der Waals surface area contributed by atoms with Gasteiger partial charge in [0.15, 0.2) is 0 Å². The van der Waals surface area contributed by atoms with Gasteiger partial charge in [0.25, 0.3) is 5.56 Å². The summed E-state index contributed by atoms with van der Waals surface area (Å²) in [6.45, 7) is 0. The molecule has 0 radical (unpaired) electrons. The maximum Gasteiger partial charge on any atom is 0.433 e. The summed E-state index contributed by atoms with van der Waals surface area (Å²) in [5, 5.41) is 5.56. The first-order valence-corrected chi connectivity index (χ1v) is 3.90. The maximum absolute atomic E-state index is 12.2. The summed E-state index contributed by atoms with van der Waals surface area (Å²) in [4.78, 5) is 14.4. The van der Waals surface area contributed by atoms with Crippen molar-refractivity contribution in [3.8, 4) is 0 Å². The number of aromatic nitrogens is 3. The second-order valence-corrected chi connectivity index (χ2v) is 2.83. The zero-order valence-electron chi connectivity index (χ0n) is 7.17. The van der Waals surface area contributed by atoms with Crippen LogP contribution in [0.5, 0.6) is 0 Å². The fraction of sp³-hybridized carbons (Fsp3) is 0.125. The van der Waals surface area contributed by atoms with Gasteiger partial charge < -0.3 is 0 Å². The molecule has 0 fully saturated rings. The quantitative estimate of drug-likeness (QED) is 0.721. The second-order valence-electron chi connectivity index (χ2n) is 2.83. The molecule has 0 aliphatic heterocycles. The van der Waals surface area contributed by atoms with Crippen LogP contribution in [-0.4, -0.2) is 15.2 Å². The van der Waals surface area contributed by atoms with E-state index in [9.17, 15) is 18.0 Å². The fourth-order valence-corrected chi connectivity index (χ4v) is 1.14. The van der Waals surface area contributed by atoms with Crippen LogP contribution in [0.4, 0.5) is 13.2 Å². The minimum atomic E-state index is -4.52. The third-order valence-corrected chi connectivity index (χ3v) is 1.81. The smallest absolute Gasteiger partial charge is 0.267 e. The molecule has 2 aromatic heterocycles. The van der Waals surface area contributed by atoms with Gasteiger partial charge in [-0.2, -0.15) is 18.3 Å². The average molecular weight is 215 g/mol. The molecule has 0 aromatic carbocycles. The van der Waals surface area contributed by atoms with E-state index >= 15 is 0 Å². The molecule has 2 rings (SSSR count). The molecule has 2 aromatic rings. The Morgan fingerprint density at radius 1 is 1.27 bits per heavy atom. The zero-order chi connectivity index (χ0) is 11.1. The molecule has 0 amide bonds. The summed E-state index contributed by atoms with van der Waals surface area (Å²) in [5.41, 5.74) is -1.68. The third-order valence-electron chi connectivity index (χ3n) is 1.81. The van der Waals surface area contributed by atoms with E-state index in [1.165, 1.54) is 0 Å². The summed E-state index contributed by atoms with van der Waals surface area (Å²) < 4.78 is 36.7. The van der Waals surface area contributed by atoms with E-state index in [0.717, 1.165) is 18.3 Å². The van der Waals surface area contributed by atoms with Crippen molar-refractivity contribution < 1.29 is 13.2 Å². The number of fused-ring (bicyclic) bond motifs is 1. The number of aromatic amines is 1. The van der Waals surface area contributed by atoms with Gasteiger partial charge in [0.1, 0.15) is 5.69 Å². The lowest BCUT2D eigenvalue weighted by Gasteiger charge is -2.05. The molecule has 0 saturated heterocycles. The first-order chi connectivity index (χ1) is 6.98. The van der Waals surface area contributed by atoms with E-state index in [1.54, 1.807) is 0 Å². The minimum Gasteiger partial charge on any atom is -0.267 e. The van der Waals surface area contributed by atoms with E-state index in [2.05, 4.69) is 15.2 Å². The van der Waals surface area contributed by atoms with Gasteiger partial charge in [-0.25, -0.2) is 10.1 Å². The number of hydrogen-bond donors (Lipinski definition) is 1. The van der Waals surface area contributed by atoms with Gasteiger partial charge in [0.2, 0.25) is 0 Å². The van der Waals surface area contributed by atoms with Gasteiger partial charge in [0.05, 0.1) is 17.1 Å². The molecule has 0 unspecified atom stereocenters. The Morgan fingerprint density at radius 2 is 2.00 bits per heavy atom. The Kier molecular flexibility index (Phi) is 1.95. The molecule has 0 atom stereocenters. The van der Waals surface area contributed by atoms with E-state index in [-0.39, 0.29) is 10.9 Å². The molecule has 0 spiro atoms. The topological polar surface area (TPSA) is 58.6 Å². The number of rotatable bonds is 0. The monoisotopic (exact) mass is 215 g/mol. The first-order valence-electron chi connectivity index (χ1n) is 3.90. The lowest BCUT2D eigenvalue weighted by atomic mass is 10.2. The standard InChI is InChI=1S/C8H4F3N3O/c9-8(10,11)6-2-1-4-5(13-6)3-12-14-7(4)15/h1-3H,(H,14,15). The minimum absolute atomic E-state index is 0.0754. The zero-order valence-corrected chi connectivity index (χ0v) is 7.17. The van der Waals surface area contributed by atoms with Crippen LogP contribution in [0.15, 0.2) is 23.1 Å². The summed E-state index contributed by atoms with van der Waals surface area (Å²) in [6.07, 6.45) is -3.44. The Labute approximate surface area is 80.8 Å². The maximum atomic E-state index is 12.2. The molecule has 2 heterocycles. The molecule has 1 N–H and O–H groups in total. The highest BCUT2D eigenvalue weighted by Crippen LogP contribution is 2.28.